The van der Waals surface area contributed by atoms with E-state index >= 15 is 0 Å². The van der Waals surface area contributed by atoms with E-state index in [1.165, 1.54) is 0 Å². The molecule has 6 rings (SSSR count). The average Bonchev–Trinajstić information content (AvgIpc) is 3.53. The van der Waals surface area contributed by atoms with Crippen molar-refractivity contribution >= 4 is 58.0 Å². The molecule has 0 atom stereocenters. The smallest absolute Gasteiger partial charge is 0.0658 e. The monoisotopic (exact) mass is 420 g/mol. The van der Waals surface area contributed by atoms with E-state index < -0.39 is 0 Å². The van der Waals surface area contributed by atoms with Gasteiger partial charge in [-0.1, -0.05) is 29.8 Å². The molecule has 0 radical (unpaired) electrons. The van der Waals surface area contributed by atoms with Crippen LogP contribution in [-0.2, 0) is 0 Å². The van der Waals surface area contributed by atoms with E-state index in [4.69, 9.17) is 21.6 Å². The van der Waals surface area contributed by atoms with Gasteiger partial charge in [0.25, 0.3) is 0 Å². The summed E-state index contributed by atoms with van der Waals surface area (Å²) >= 11 is 6.52. The zero-order valence-corrected chi connectivity index (χ0v) is 17.2. The number of H-pyrrole nitrogens is 2. The van der Waals surface area contributed by atoms with Crippen molar-refractivity contribution in [3.05, 3.63) is 94.5 Å². The van der Waals surface area contributed by atoms with E-state index in [1.54, 1.807) is 0 Å². The fourth-order valence-corrected chi connectivity index (χ4v) is 4.16. The van der Waals surface area contributed by atoms with Crippen LogP contribution in [0.4, 0.5) is 0 Å². The van der Waals surface area contributed by atoms with Gasteiger partial charge in [-0.3, -0.25) is 0 Å². The highest BCUT2D eigenvalue weighted by atomic mass is 35.5. The van der Waals surface area contributed by atoms with Crippen molar-refractivity contribution in [1.29, 1.82) is 0 Å². The number of halogens is 1. The summed E-state index contributed by atoms with van der Waals surface area (Å²) in [4.78, 5) is 16.4. The lowest BCUT2D eigenvalue weighted by molar-refractivity contribution is 1.31. The third-order valence-electron chi connectivity index (χ3n) is 5.33. The standard InChI is InChI=1S/C26H17ClN4/c27-25-4-2-1-3-23(25)24-14-22-13-20-8-7-18(29-20)11-16-5-6-17(28-16)12-19-9-10-21(30-19)15-26(24)31-22/h1-15,28,31H. The highest BCUT2D eigenvalue weighted by Crippen LogP contribution is 2.32. The number of aromatic nitrogens is 4. The van der Waals surface area contributed by atoms with Gasteiger partial charge in [-0.2, -0.15) is 0 Å². The van der Waals surface area contributed by atoms with E-state index in [-0.39, 0.29) is 0 Å². The Labute approximate surface area is 183 Å². The molecule has 0 saturated heterocycles. The molecule has 31 heavy (non-hydrogen) atoms. The maximum Gasteiger partial charge on any atom is 0.0658 e. The van der Waals surface area contributed by atoms with Crippen molar-refractivity contribution in [2.75, 3.05) is 0 Å². The van der Waals surface area contributed by atoms with Crippen LogP contribution in [0.5, 0.6) is 0 Å². The van der Waals surface area contributed by atoms with Crippen molar-refractivity contribution in [3.8, 4) is 11.1 Å². The van der Waals surface area contributed by atoms with Crippen LogP contribution in [0.2, 0.25) is 5.02 Å². The minimum absolute atomic E-state index is 0.712. The molecule has 4 aromatic rings. The summed E-state index contributed by atoms with van der Waals surface area (Å²) in [5.41, 5.74) is 9.51. The highest BCUT2D eigenvalue weighted by molar-refractivity contribution is 6.33. The predicted molar refractivity (Wildman–Crippen MR) is 129 cm³/mol. The molecule has 2 aliphatic rings. The number of hydrogen-bond acceptors (Lipinski definition) is 2. The third kappa shape index (κ3) is 3.47. The van der Waals surface area contributed by atoms with Crippen molar-refractivity contribution < 1.29 is 0 Å². The Bertz CT molecular complexity index is 1550. The normalized spacial score (nSPS) is 12.4. The fourth-order valence-electron chi connectivity index (χ4n) is 3.92. The number of fused-ring (bicyclic) bond motifs is 8. The first kappa shape index (κ1) is 17.9. The van der Waals surface area contributed by atoms with E-state index in [1.807, 2.05) is 78.9 Å². The Kier molecular flexibility index (Phi) is 4.11. The first-order chi connectivity index (χ1) is 15.2. The second-order valence-electron chi connectivity index (χ2n) is 7.57. The van der Waals surface area contributed by atoms with Gasteiger partial charge in [-0.15, -0.1) is 0 Å². The molecule has 0 amide bonds. The molecule has 0 spiro atoms. The minimum atomic E-state index is 0.712. The van der Waals surface area contributed by atoms with Crippen LogP contribution < -0.4 is 0 Å². The second kappa shape index (κ2) is 7.11. The SMILES string of the molecule is Clc1ccccc1-c1cc2cc3nc(cc4ccc(cc5nc(cc1[nH]2)C=C5)[nH]4)C=C3. The zero-order valence-electron chi connectivity index (χ0n) is 16.4. The zero-order chi connectivity index (χ0) is 20.8. The van der Waals surface area contributed by atoms with Gasteiger partial charge in [0, 0.05) is 38.2 Å². The van der Waals surface area contributed by atoms with Crippen molar-refractivity contribution in [1.82, 2.24) is 19.9 Å². The lowest BCUT2D eigenvalue weighted by Crippen LogP contribution is -1.78. The van der Waals surface area contributed by atoms with Crippen LogP contribution in [0.3, 0.4) is 0 Å². The molecule has 5 heterocycles. The fraction of sp³-hybridized carbons (Fsp3) is 0. The molecular formula is C26H17ClN4. The number of nitrogens with one attached hydrogen (secondary N) is 2. The van der Waals surface area contributed by atoms with Gasteiger partial charge in [-0.05, 0) is 72.8 Å². The number of rotatable bonds is 1. The van der Waals surface area contributed by atoms with Gasteiger partial charge >= 0.3 is 0 Å². The largest absolute Gasteiger partial charge is 0.355 e. The van der Waals surface area contributed by atoms with Gasteiger partial charge in [0.1, 0.15) is 0 Å². The van der Waals surface area contributed by atoms with Gasteiger partial charge in [0.05, 0.1) is 22.8 Å². The van der Waals surface area contributed by atoms with Crippen LogP contribution in [-0.4, -0.2) is 19.9 Å². The molecule has 0 fully saturated rings. The van der Waals surface area contributed by atoms with Gasteiger partial charge < -0.3 is 9.97 Å². The Morgan fingerprint density at radius 2 is 1.13 bits per heavy atom. The van der Waals surface area contributed by atoms with Gasteiger partial charge in [0.2, 0.25) is 0 Å². The molecule has 0 unspecified atom stereocenters. The number of aromatic amines is 2. The van der Waals surface area contributed by atoms with Crippen LogP contribution in [0.1, 0.15) is 22.8 Å². The van der Waals surface area contributed by atoms with E-state index in [0.717, 1.165) is 56.0 Å². The Balaban J connectivity index is 1.69. The summed E-state index contributed by atoms with van der Waals surface area (Å²) in [6.07, 6.45) is 8.07. The van der Waals surface area contributed by atoms with Crippen molar-refractivity contribution in [3.63, 3.8) is 0 Å². The third-order valence-corrected chi connectivity index (χ3v) is 5.66. The number of benzene rings is 1. The van der Waals surface area contributed by atoms with E-state index in [9.17, 15) is 0 Å². The molecule has 5 heteroatoms. The summed E-state index contributed by atoms with van der Waals surface area (Å²) < 4.78 is 0. The van der Waals surface area contributed by atoms with Gasteiger partial charge in [-0.25, -0.2) is 9.97 Å². The van der Waals surface area contributed by atoms with Crippen LogP contribution in [0, 0.1) is 0 Å². The van der Waals surface area contributed by atoms with Crippen molar-refractivity contribution in [2.45, 2.75) is 0 Å². The summed E-state index contributed by atoms with van der Waals surface area (Å²) in [6, 6.07) is 22.2. The Morgan fingerprint density at radius 1 is 0.548 bits per heavy atom. The van der Waals surface area contributed by atoms with E-state index in [2.05, 4.69) is 22.1 Å². The lowest BCUT2D eigenvalue weighted by atomic mass is 10.1. The lowest BCUT2D eigenvalue weighted by Gasteiger charge is -2.01. The quantitative estimate of drug-likeness (QED) is 0.301. The number of nitrogens with zero attached hydrogens (tertiary/aromatic N) is 2. The molecule has 0 saturated carbocycles. The second-order valence-corrected chi connectivity index (χ2v) is 7.98. The number of hydrogen-bond donors (Lipinski definition) is 2. The highest BCUT2D eigenvalue weighted by Gasteiger charge is 2.09. The molecule has 8 bridgehead atoms. The van der Waals surface area contributed by atoms with Crippen LogP contribution in [0.15, 0.2) is 66.7 Å². The summed E-state index contributed by atoms with van der Waals surface area (Å²) in [5, 5.41) is 0.712. The minimum Gasteiger partial charge on any atom is -0.355 e. The Morgan fingerprint density at radius 3 is 1.77 bits per heavy atom. The maximum absolute atomic E-state index is 6.52. The Hall–Kier alpha value is -3.89. The molecule has 0 aliphatic carbocycles. The summed E-state index contributed by atoms with van der Waals surface area (Å²) in [7, 11) is 0. The first-order valence-corrected chi connectivity index (χ1v) is 10.4. The maximum atomic E-state index is 6.52. The average molecular weight is 421 g/mol. The molecule has 4 nitrogen and oxygen atoms in total. The topological polar surface area (TPSA) is 57.4 Å². The van der Waals surface area contributed by atoms with Crippen LogP contribution >= 0.6 is 11.6 Å². The molecule has 2 N–H and O–H groups in total. The van der Waals surface area contributed by atoms with E-state index in [0.29, 0.717) is 5.02 Å². The molecule has 1 aromatic carbocycles. The molecule has 3 aromatic heterocycles. The van der Waals surface area contributed by atoms with Crippen molar-refractivity contribution in [2.24, 2.45) is 0 Å². The molecular weight excluding hydrogens is 404 g/mol. The molecule has 2 aliphatic heterocycles. The first-order valence-electron chi connectivity index (χ1n) is 10.0. The summed E-state index contributed by atoms with van der Waals surface area (Å²) in [6.45, 7) is 0. The predicted octanol–water partition coefficient (Wildman–Crippen LogP) is 6.98. The molecule has 148 valence electrons. The van der Waals surface area contributed by atoms with Crippen LogP contribution in [0.25, 0.3) is 57.5 Å². The summed E-state index contributed by atoms with van der Waals surface area (Å²) in [5.74, 6) is 0. The van der Waals surface area contributed by atoms with Gasteiger partial charge in [0.15, 0.2) is 0 Å².